The average Bonchev–Trinajstić information content (AvgIpc) is 2.84. The molecule has 0 saturated carbocycles. The highest BCUT2D eigenvalue weighted by molar-refractivity contribution is 8.04. The van der Waals surface area contributed by atoms with Gasteiger partial charge in [0.15, 0.2) is 6.10 Å². The first-order valence-electron chi connectivity index (χ1n) is 11.1. The summed E-state index contributed by atoms with van der Waals surface area (Å²) in [6, 6.07) is 20.0. The molecule has 0 amide bonds. The van der Waals surface area contributed by atoms with E-state index in [0.29, 0.717) is 3.71 Å². The van der Waals surface area contributed by atoms with Crippen LogP contribution >= 0.6 is 0 Å². The summed E-state index contributed by atoms with van der Waals surface area (Å²) in [4.78, 5) is -0.422. The minimum absolute atomic E-state index is 0.00353. The Morgan fingerprint density at radius 3 is 1.67 bits per heavy atom. The molecule has 0 heterocycles. The Hall–Kier alpha value is -2.73. The third-order valence-corrected chi connectivity index (χ3v) is 9.67. The van der Waals surface area contributed by atoms with E-state index in [1.54, 1.807) is 31.2 Å². The van der Waals surface area contributed by atoms with Gasteiger partial charge in [0.05, 0.1) is 9.79 Å². The summed E-state index contributed by atoms with van der Waals surface area (Å²) < 4.78 is 99.1. The van der Waals surface area contributed by atoms with Crippen molar-refractivity contribution in [3.05, 3.63) is 96.1 Å². The molecular weight excluding hydrogens is 515 g/mol. The molecular formula is C25H26F3NO5S2. The zero-order valence-electron chi connectivity index (χ0n) is 19.4. The van der Waals surface area contributed by atoms with Gasteiger partial charge in [-0.05, 0) is 49.6 Å². The molecule has 0 fully saturated rings. The summed E-state index contributed by atoms with van der Waals surface area (Å²) in [7, 11) is -8.91. The van der Waals surface area contributed by atoms with Gasteiger partial charge in [-0.25, -0.2) is 16.8 Å². The molecule has 0 saturated heterocycles. The van der Waals surface area contributed by atoms with Gasteiger partial charge in [-0.2, -0.15) is 13.2 Å². The Morgan fingerprint density at radius 2 is 1.22 bits per heavy atom. The van der Waals surface area contributed by atoms with E-state index in [1.807, 2.05) is 0 Å². The van der Waals surface area contributed by atoms with Gasteiger partial charge in [-0.15, -0.1) is 0 Å². The van der Waals surface area contributed by atoms with Crippen molar-refractivity contribution in [3.8, 4) is 0 Å². The first-order valence-corrected chi connectivity index (χ1v) is 13.9. The average molecular weight is 542 g/mol. The van der Waals surface area contributed by atoms with Crippen LogP contribution in [0.3, 0.4) is 0 Å². The Kier molecular flexibility index (Phi) is 8.93. The Labute approximate surface area is 209 Å². The van der Waals surface area contributed by atoms with Gasteiger partial charge in [0, 0.05) is 13.2 Å². The van der Waals surface area contributed by atoms with Crippen LogP contribution in [-0.2, 0) is 24.8 Å². The highest BCUT2D eigenvalue weighted by atomic mass is 32.3. The van der Waals surface area contributed by atoms with Gasteiger partial charge in [0.25, 0.3) is 20.0 Å². The maximum absolute atomic E-state index is 13.5. The van der Waals surface area contributed by atoms with Crippen molar-refractivity contribution in [2.45, 2.75) is 41.8 Å². The molecule has 1 unspecified atom stereocenters. The van der Waals surface area contributed by atoms with E-state index < -0.39 is 38.9 Å². The number of halogens is 3. The molecule has 3 aromatic carbocycles. The number of benzene rings is 3. The number of unbranched alkanes of at least 4 members (excludes halogenated alkanes) is 1. The first kappa shape index (κ1) is 27.9. The first-order chi connectivity index (χ1) is 16.9. The summed E-state index contributed by atoms with van der Waals surface area (Å²) in [5.41, 5.74) is 0.757. The molecule has 3 aromatic rings. The third kappa shape index (κ3) is 6.73. The lowest BCUT2D eigenvalue weighted by molar-refractivity contribution is -0.224. The van der Waals surface area contributed by atoms with Crippen LogP contribution in [0, 0.1) is 6.92 Å². The van der Waals surface area contributed by atoms with E-state index in [1.165, 1.54) is 60.7 Å². The van der Waals surface area contributed by atoms with E-state index in [2.05, 4.69) is 0 Å². The highest BCUT2D eigenvalue weighted by Gasteiger charge is 2.42. The normalized spacial score (nSPS) is 13.6. The highest BCUT2D eigenvalue weighted by Crippen LogP contribution is 2.36. The minimum atomic E-state index is -4.64. The largest absolute Gasteiger partial charge is 0.418 e. The van der Waals surface area contributed by atoms with Crippen LogP contribution in [0.4, 0.5) is 13.2 Å². The van der Waals surface area contributed by atoms with Gasteiger partial charge in [0.1, 0.15) is 0 Å². The topological polar surface area (TPSA) is 80.8 Å². The van der Waals surface area contributed by atoms with Gasteiger partial charge in [0.2, 0.25) is 0 Å². The fourth-order valence-electron chi connectivity index (χ4n) is 3.45. The Morgan fingerprint density at radius 1 is 0.750 bits per heavy atom. The maximum Gasteiger partial charge on any atom is 0.418 e. The third-order valence-electron chi connectivity index (χ3n) is 5.32. The van der Waals surface area contributed by atoms with Gasteiger partial charge >= 0.3 is 6.18 Å². The molecule has 194 valence electrons. The standard InChI is InChI=1S/C25H26F3NO5S2/c1-20-14-16-21(17-15-20)24(25(26,27)28)34-19-9-8-18-29(35(30,31)22-10-4-2-5-11-22)36(32,33)23-12-6-3-7-13-23/h2-7,10-17,24H,8-9,18-19H2,1H3. The molecule has 3 rings (SSSR count). The molecule has 0 aromatic heterocycles. The molecule has 36 heavy (non-hydrogen) atoms. The second kappa shape index (κ2) is 11.5. The SMILES string of the molecule is Cc1ccc(C(OCCCCN(S(=O)(=O)c2ccccc2)S(=O)(=O)c2ccccc2)C(F)(F)F)cc1. The van der Waals surface area contributed by atoms with Gasteiger partial charge in [-0.3, -0.25) is 0 Å². The predicted molar refractivity (Wildman–Crippen MR) is 129 cm³/mol. The number of nitrogens with zero attached hydrogens (tertiary/aromatic N) is 1. The van der Waals surface area contributed by atoms with Crippen molar-refractivity contribution >= 4 is 20.0 Å². The predicted octanol–water partition coefficient (Wildman–Crippen LogP) is 5.48. The number of rotatable bonds is 11. The zero-order chi connectivity index (χ0) is 26.4. The van der Waals surface area contributed by atoms with Crippen molar-refractivity contribution in [2.24, 2.45) is 0 Å². The second-order valence-electron chi connectivity index (χ2n) is 8.04. The second-order valence-corrected chi connectivity index (χ2v) is 12.0. The van der Waals surface area contributed by atoms with Crippen molar-refractivity contribution in [1.82, 2.24) is 3.71 Å². The number of aryl methyl sites for hydroxylation is 1. The monoisotopic (exact) mass is 541 g/mol. The molecule has 1 atom stereocenters. The molecule has 0 N–H and O–H groups in total. The van der Waals surface area contributed by atoms with Crippen LogP contribution in [0.2, 0.25) is 0 Å². The molecule has 0 aliphatic heterocycles. The lowest BCUT2D eigenvalue weighted by Crippen LogP contribution is -2.37. The summed E-state index contributed by atoms with van der Waals surface area (Å²) in [6.07, 6.45) is -6.83. The van der Waals surface area contributed by atoms with Crippen molar-refractivity contribution in [1.29, 1.82) is 0 Å². The summed E-state index contributed by atoms with van der Waals surface area (Å²) in [5.74, 6) is 0. The quantitative estimate of drug-likeness (QED) is 0.301. The number of sulfonamides is 2. The van der Waals surface area contributed by atoms with Crippen LogP contribution in [0.5, 0.6) is 0 Å². The molecule has 0 aliphatic rings. The van der Waals surface area contributed by atoms with Crippen molar-refractivity contribution in [3.63, 3.8) is 0 Å². The van der Waals surface area contributed by atoms with Crippen LogP contribution in [0.15, 0.2) is 94.7 Å². The molecule has 11 heteroatoms. The fourth-order valence-corrected chi connectivity index (χ4v) is 7.22. The Bertz CT molecular complexity index is 1260. The molecule has 0 spiro atoms. The van der Waals surface area contributed by atoms with Crippen molar-refractivity contribution in [2.75, 3.05) is 13.2 Å². The summed E-state index contributed by atoms with van der Waals surface area (Å²) >= 11 is 0. The Balaban J connectivity index is 1.75. The van der Waals surface area contributed by atoms with Gasteiger partial charge < -0.3 is 4.74 Å². The number of alkyl halides is 3. The van der Waals surface area contributed by atoms with Crippen LogP contribution in [-0.4, -0.2) is 39.9 Å². The van der Waals surface area contributed by atoms with E-state index in [0.717, 1.165) is 5.56 Å². The van der Waals surface area contributed by atoms with Gasteiger partial charge in [-0.1, -0.05) is 69.9 Å². The summed E-state index contributed by atoms with van der Waals surface area (Å²) in [5, 5.41) is 0. The number of hydrogen-bond acceptors (Lipinski definition) is 5. The van der Waals surface area contributed by atoms with E-state index in [-0.39, 0.29) is 34.8 Å². The number of ether oxygens (including phenoxy) is 1. The smallest absolute Gasteiger partial charge is 0.364 e. The fraction of sp³-hybridized carbons (Fsp3) is 0.280. The summed E-state index contributed by atoms with van der Waals surface area (Å²) in [6.45, 7) is 0.952. The zero-order valence-corrected chi connectivity index (χ0v) is 21.1. The van der Waals surface area contributed by atoms with Crippen LogP contribution < -0.4 is 0 Å². The lowest BCUT2D eigenvalue weighted by atomic mass is 10.1. The van der Waals surface area contributed by atoms with E-state index in [4.69, 9.17) is 4.74 Å². The maximum atomic E-state index is 13.5. The molecule has 0 aliphatic carbocycles. The molecule has 0 radical (unpaired) electrons. The molecule has 0 bridgehead atoms. The van der Waals surface area contributed by atoms with Crippen molar-refractivity contribution < 1.29 is 34.7 Å². The molecule has 6 nitrogen and oxygen atoms in total. The van der Waals surface area contributed by atoms with Crippen LogP contribution in [0.25, 0.3) is 0 Å². The van der Waals surface area contributed by atoms with Crippen LogP contribution in [0.1, 0.15) is 30.1 Å². The minimum Gasteiger partial charge on any atom is -0.364 e. The van der Waals surface area contributed by atoms with E-state index >= 15 is 0 Å². The number of hydrogen-bond donors (Lipinski definition) is 0. The lowest BCUT2D eigenvalue weighted by Gasteiger charge is -2.23. The van der Waals surface area contributed by atoms with E-state index in [9.17, 15) is 30.0 Å².